The topological polar surface area (TPSA) is 136 Å². The number of esters is 1. The van der Waals surface area contributed by atoms with Gasteiger partial charge in [-0.2, -0.15) is 0 Å². The minimum atomic E-state index is -1.16. The van der Waals surface area contributed by atoms with E-state index in [0.717, 1.165) is 11.3 Å². The number of carbonyl (C=O) groups is 4. The summed E-state index contributed by atoms with van der Waals surface area (Å²) < 4.78 is 5.11. The highest BCUT2D eigenvalue weighted by molar-refractivity contribution is 6.22. The van der Waals surface area contributed by atoms with Crippen LogP contribution in [0.4, 0.5) is 11.4 Å². The van der Waals surface area contributed by atoms with E-state index in [2.05, 4.69) is 5.32 Å². The van der Waals surface area contributed by atoms with Crippen LogP contribution in [0.1, 0.15) is 52.5 Å². The van der Waals surface area contributed by atoms with Crippen LogP contribution in [0.15, 0.2) is 42.5 Å². The summed E-state index contributed by atoms with van der Waals surface area (Å²) in [6.45, 7) is 2.80. The van der Waals surface area contributed by atoms with Gasteiger partial charge in [-0.15, -0.1) is 0 Å². The van der Waals surface area contributed by atoms with Gasteiger partial charge < -0.3 is 10.1 Å². The first kappa shape index (κ1) is 23.6. The van der Waals surface area contributed by atoms with Crippen molar-refractivity contribution >= 4 is 35.1 Å². The number of amides is 3. The standard InChI is InChI=1S/C23H23N3O7/c1-3-4-9-18(25-21(28)16-7-5-6-8-17(16)22(25)29)23(30)33-13-20(27)24-15-11-10-14(2)19(12-15)26(31)32/h5-8,10-12,18H,3-4,9,13H2,1-2H3,(H,24,27)/t18-/m1/s1. The predicted octanol–water partition coefficient (Wildman–Crippen LogP) is 3.24. The Kier molecular flexibility index (Phi) is 7.17. The van der Waals surface area contributed by atoms with Gasteiger partial charge in [0.25, 0.3) is 23.4 Å². The van der Waals surface area contributed by atoms with Crippen LogP contribution in [0.25, 0.3) is 0 Å². The molecule has 172 valence electrons. The number of anilines is 1. The van der Waals surface area contributed by atoms with Crippen molar-refractivity contribution in [1.82, 2.24) is 4.90 Å². The van der Waals surface area contributed by atoms with Crippen LogP contribution in [-0.2, 0) is 14.3 Å². The molecule has 0 saturated heterocycles. The van der Waals surface area contributed by atoms with E-state index < -0.39 is 41.3 Å². The van der Waals surface area contributed by atoms with Crippen LogP contribution in [-0.4, -0.2) is 46.2 Å². The molecule has 0 bridgehead atoms. The van der Waals surface area contributed by atoms with Gasteiger partial charge in [0.2, 0.25) is 0 Å². The number of nitrogens with zero attached hydrogens (tertiary/aromatic N) is 2. The third-order valence-corrected chi connectivity index (χ3v) is 5.28. The van der Waals surface area contributed by atoms with E-state index in [0.29, 0.717) is 12.0 Å². The molecule has 10 heteroatoms. The molecule has 10 nitrogen and oxygen atoms in total. The van der Waals surface area contributed by atoms with Gasteiger partial charge >= 0.3 is 5.97 Å². The van der Waals surface area contributed by atoms with E-state index in [4.69, 9.17) is 4.74 Å². The Hall–Kier alpha value is -4.08. The second kappa shape index (κ2) is 10.0. The monoisotopic (exact) mass is 453 g/mol. The Balaban J connectivity index is 1.68. The van der Waals surface area contributed by atoms with Crippen molar-refractivity contribution in [3.8, 4) is 0 Å². The molecule has 33 heavy (non-hydrogen) atoms. The predicted molar refractivity (Wildman–Crippen MR) is 118 cm³/mol. The molecule has 2 aromatic rings. The highest BCUT2D eigenvalue weighted by Gasteiger charge is 2.43. The molecule has 1 N–H and O–H groups in total. The molecule has 3 rings (SSSR count). The summed E-state index contributed by atoms with van der Waals surface area (Å²) in [6.07, 6.45) is 1.48. The second-order valence-electron chi connectivity index (χ2n) is 7.60. The fourth-order valence-electron chi connectivity index (χ4n) is 3.55. The molecular weight excluding hydrogens is 430 g/mol. The van der Waals surface area contributed by atoms with Crippen molar-refractivity contribution in [3.05, 3.63) is 69.3 Å². The highest BCUT2D eigenvalue weighted by atomic mass is 16.6. The van der Waals surface area contributed by atoms with Crippen molar-refractivity contribution in [1.29, 1.82) is 0 Å². The first-order valence-corrected chi connectivity index (χ1v) is 10.4. The number of nitro groups is 1. The second-order valence-corrected chi connectivity index (χ2v) is 7.60. The van der Waals surface area contributed by atoms with Crippen molar-refractivity contribution in [2.24, 2.45) is 0 Å². The zero-order valence-electron chi connectivity index (χ0n) is 18.2. The zero-order chi connectivity index (χ0) is 24.1. The number of benzene rings is 2. The molecule has 0 aliphatic carbocycles. The Morgan fingerprint density at radius 3 is 2.33 bits per heavy atom. The summed E-state index contributed by atoms with van der Waals surface area (Å²) in [5, 5.41) is 13.5. The van der Waals surface area contributed by atoms with Gasteiger partial charge in [-0.3, -0.25) is 29.4 Å². The molecule has 3 amide bonds. The first-order chi connectivity index (χ1) is 15.7. The molecule has 0 spiro atoms. The smallest absolute Gasteiger partial charge is 0.329 e. The maximum atomic E-state index is 12.8. The summed E-state index contributed by atoms with van der Waals surface area (Å²) >= 11 is 0. The molecule has 0 fully saturated rings. The van der Waals surface area contributed by atoms with Crippen molar-refractivity contribution in [2.45, 2.75) is 39.2 Å². The Bertz CT molecular complexity index is 1090. The van der Waals surface area contributed by atoms with E-state index in [1.165, 1.54) is 30.3 Å². The maximum Gasteiger partial charge on any atom is 0.329 e. The van der Waals surface area contributed by atoms with Gasteiger partial charge in [-0.1, -0.05) is 38.0 Å². The Morgan fingerprint density at radius 1 is 1.12 bits per heavy atom. The molecule has 0 saturated carbocycles. The fraction of sp³-hybridized carbons (Fsp3) is 0.304. The molecule has 1 atom stereocenters. The summed E-state index contributed by atoms with van der Waals surface area (Å²) in [5.41, 5.74) is 0.890. The molecule has 1 aliphatic heterocycles. The SMILES string of the molecule is CCCC[C@H](C(=O)OCC(=O)Nc1ccc(C)c([N+](=O)[O-])c1)N1C(=O)c2ccccc2C1=O. The average Bonchev–Trinajstić information content (AvgIpc) is 3.04. The Morgan fingerprint density at radius 2 is 1.76 bits per heavy atom. The molecule has 0 aromatic heterocycles. The van der Waals surface area contributed by atoms with E-state index in [1.54, 1.807) is 19.1 Å². The molecule has 0 radical (unpaired) electrons. The van der Waals surface area contributed by atoms with Gasteiger partial charge in [0.05, 0.1) is 16.1 Å². The van der Waals surface area contributed by atoms with Crippen LogP contribution in [0, 0.1) is 17.0 Å². The normalized spacial score (nSPS) is 13.5. The van der Waals surface area contributed by atoms with E-state index >= 15 is 0 Å². The molecule has 1 aliphatic rings. The fourth-order valence-corrected chi connectivity index (χ4v) is 3.55. The van der Waals surface area contributed by atoms with Crippen LogP contribution in [0.5, 0.6) is 0 Å². The molecular formula is C23H23N3O7. The number of unbranched alkanes of at least 4 members (excludes halogenated alkanes) is 1. The van der Waals surface area contributed by atoms with Gasteiger partial charge in [-0.05, 0) is 31.5 Å². The summed E-state index contributed by atoms with van der Waals surface area (Å²) in [7, 11) is 0. The van der Waals surface area contributed by atoms with E-state index in [9.17, 15) is 29.3 Å². The van der Waals surface area contributed by atoms with Crippen LogP contribution in [0.3, 0.4) is 0 Å². The van der Waals surface area contributed by atoms with Crippen LogP contribution < -0.4 is 5.32 Å². The lowest BCUT2D eigenvalue weighted by Gasteiger charge is -2.24. The summed E-state index contributed by atoms with van der Waals surface area (Å²) in [5.74, 6) is -2.74. The molecule has 1 heterocycles. The quantitative estimate of drug-likeness (QED) is 0.266. The number of aryl methyl sites for hydroxylation is 1. The van der Waals surface area contributed by atoms with Gasteiger partial charge in [-0.25, -0.2) is 4.79 Å². The lowest BCUT2D eigenvalue weighted by atomic mass is 10.1. The minimum absolute atomic E-state index is 0.157. The summed E-state index contributed by atoms with van der Waals surface area (Å²) in [4.78, 5) is 62.0. The van der Waals surface area contributed by atoms with Crippen molar-refractivity contribution in [2.75, 3.05) is 11.9 Å². The Labute approximate surface area is 189 Å². The lowest BCUT2D eigenvalue weighted by molar-refractivity contribution is -0.385. The van der Waals surface area contributed by atoms with Crippen molar-refractivity contribution in [3.63, 3.8) is 0 Å². The number of nitro benzene ring substituents is 1. The van der Waals surface area contributed by atoms with Crippen LogP contribution >= 0.6 is 0 Å². The number of hydrogen-bond acceptors (Lipinski definition) is 7. The lowest BCUT2D eigenvalue weighted by Crippen LogP contribution is -2.46. The number of ether oxygens (including phenoxy) is 1. The van der Waals surface area contributed by atoms with Gasteiger partial charge in [0.1, 0.15) is 6.04 Å². The van der Waals surface area contributed by atoms with E-state index in [-0.39, 0.29) is 28.9 Å². The third-order valence-electron chi connectivity index (χ3n) is 5.28. The zero-order valence-corrected chi connectivity index (χ0v) is 18.2. The molecule has 2 aromatic carbocycles. The number of nitrogens with one attached hydrogen (secondary N) is 1. The number of imide groups is 1. The van der Waals surface area contributed by atoms with Crippen molar-refractivity contribution < 1.29 is 28.8 Å². The number of carbonyl (C=O) groups excluding carboxylic acids is 4. The highest BCUT2D eigenvalue weighted by Crippen LogP contribution is 2.27. The average molecular weight is 453 g/mol. The van der Waals surface area contributed by atoms with Gasteiger partial charge in [0, 0.05) is 17.3 Å². The van der Waals surface area contributed by atoms with E-state index in [1.807, 2.05) is 6.92 Å². The third kappa shape index (κ3) is 5.05. The number of fused-ring (bicyclic) bond motifs is 1. The number of hydrogen-bond donors (Lipinski definition) is 1. The van der Waals surface area contributed by atoms with Gasteiger partial charge in [0.15, 0.2) is 6.61 Å². The van der Waals surface area contributed by atoms with Crippen LogP contribution in [0.2, 0.25) is 0 Å². The summed E-state index contributed by atoms with van der Waals surface area (Å²) in [6, 6.07) is 9.33. The number of rotatable bonds is 9. The molecule has 0 unspecified atom stereocenters. The first-order valence-electron chi connectivity index (χ1n) is 10.4. The largest absolute Gasteiger partial charge is 0.454 e. The minimum Gasteiger partial charge on any atom is -0.454 e. The maximum absolute atomic E-state index is 12.8.